The number of ether oxygens (including phenoxy) is 1. The van der Waals surface area contributed by atoms with Gasteiger partial charge < -0.3 is 14.6 Å². The molecule has 1 N–H and O–H groups in total. The Kier molecular flexibility index (Phi) is 4.17. The summed E-state index contributed by atoms with van der Waals surface area (Å²) in [7, 11) is 0. The maximum Gasteiger partial charge on any atom is 0.226 e. The van der Waals surface area contributed by atoms with Gasteiger partial charge >= 0.3 is 0 Å². The highest BCUT2D eigenvalue weighted by Crippen LogP contribution is 2.25. The standard InChI is InChI=1S/C12H19N3O2S/c1-5-18-6-2-9(1)7-11-14-12(15-17-11)10-8-16-4-3-13-10/h9-10,13H,1-8H2. The van der Waals surface area contributed by atoms with Crippen LogP contribution in [-0.2, 0) is 11.2 Å². The average Bonchev–Trinajstić information content (AvgIpc) is 2.89. The minimum Gasteiger partial charge on any atom is -0.378 e. The molecule has 100 valence electrons. The van der Waals surface area contributed by atoms with Gasteiger partial charge in [-0.05, 0) is 30.3 Å². The van der Waals surface area contributed by atoms with Crippen molar-refractivity contribution in [1.29, 1.82) is 0 Å². The van der Waals surface area contributed by atoms with Crippen LogP contribution >= 0.6 is 11.8 Å². The van der Waals surface area contributed by atoms with Gasteiger partial charge in [-0.3, -0.25) is 0 Å². The van der Waals surface area contributed by atoms with E-state index < -0.39 is 0 Å². The molecule has 1 aromatic rings. The van der Waals surface area contributed by atoms with E-state index in [9.17, 15) is 0 Å². The Balaban J connectivity index is 1.58. The van der Waals surface area contributed by atoms with Crippen LogP contribution in [0.25, 0.3) is 0 Å². The molecule has 0 amide bonds. The van der Waals surface area contributed by atoms with Gasteiger partial charge in [0, 0.05) is 13.0 Å². The lowest BCUT2D eigenvalue weighted by Crippen LogP contribution is -2.35. The molecule has 2 fully saturated rings. The Bertz CT molecular complexity index is 373. The number of morpholine rings is 1. The molecule has 0 aliphatic carbocycles. The van der Waals surface area contributed by atoms with Gasteiger partial charge in [-0.15, -0.1) is 0 Å². The molecule has 2 saturated heterocycles. The van der Waals surface area contributed by atoms with E-state index in [2.05, 4.69) is 15.5 Å². The quantitative estimate of drug-likeness (QED) is 0.895. The van der Waals surface area contributed by atoms with E-state index in [4.69, 9.17) is 9.26 Å². The van der Waals surface area contributed by atoms with Gasteiger partial charge in [0.1, 0.15) is 0 Å². The number of nitrogens with zero attached hydrogens (tertiary/aromatic N) is 2. The van der Waals surface area contributed by atoms with Gasteiger partial charge in [0.2, 0.25) is 5.89 Å². The van der Waals surface area contributed by atoms with Gasteiger partial charge in [0.05, 0.1) is 19.3 Å². The van der Waals surface area contributed by atoms with Crippen LogP contribution in [0.1, 0.15) is 30.6 Å². The summed E-state index contributed by atoms with van der Waals surface area (Å²) in [5.74, 6) is 4.78. The largest absolute Gasteiger partial charge is 0.378 e. The Morgan fingerprint density at radius 2 is 2.22 bits per heavy atom. The third-order valence-electron chi connectivity index (χ3n) is 3.52. The highest BCUT2D eigenvalue weighted by atomic mass is 32.2. The summed E-state index contributed by atoms with van der Waals surface area (Å²) in [5.41, 5.74) is 0. The highest BCUT2D eigenvalue weighted by molar-refractivity contribution is 7.99. The van der Waals surface area contributed by atoms with E-state index in [1.165, 1.54) is 24.3 Å². The van der Waals surface area contributed by atoms with Crippen molar-refractivity contribution >= 4 is 11.8 Å². The van der Waals surface area contributed by atoms with Crippen LogP contribution in [0.15, 0.2) is 4.52 Å². The second-order valence-electron chi connectivity index (χ2n) is 4.89. The van der Waals surface area contributed by atoms with Crippen molar-refractivity contribution in [3.63, 3.8) is 0 Å². The maximum absolute atomic E-state index is 5.41. The second-order valence-corrected chi connectivity index (χ2v) is 6.11. The number of nitrogens with one attached hydrogen (secondary N) is 1. The van der Waals surface area contributed by atoms with Crippen LogP contribution in [0, 0.1) is 5.92 Å². The fourth-order valence-corrected chi connectivity index (χ4v) is 3.63. The van der Waals surface area contributed by atoms with Crippen molar-refractivity contribution in [1.82, 2.24) is 15.5 Å². The topological polar surface area (TPSA) is 60.2 Å². The molecule has 3 heterocycles. The summed E-state index contributed by atoms with van der Waals surface area (Å²) >= 11 is 2.04. The van der Waals surface area contributed by atoms with Crippen molar-refractivity contribution in [2.45, 2.75) is 25.3 Å². The molecule has 6 heteroatoms. The van der Waals surface area contributed by atoms with E-state index in [1.54, 1.807) is 0 Å². The first-order valence-corrected chi connectivity index (χ1v) is 7.78. The lowest BCUT2D eigenvalue weighted by Gasteiger charge is -2.20. The zero-order chi connectivity index (χ0) is 12.2. The Morgan fingerprint density at radius 3 is 3.00 bits per heavy atom. The van der Waals surface area contributed by atoms with Crippen molar-refractivity contribution in [2.24, 2.45) is 5.92 Å². The Morgan fingerprint density at radius 1 is 1.33 bits per heavy atom. The second kappa shape index (κ2) is 6.04. The van der Waals surface area contributed by atoms with Gasteiger partial charge in [-0.1, -0.05) is 5.16 Å². The molecule has 1 aromatic heterocycles. The summed E-state index contributed by atoms with van der Waals surface area (Å²) in [5, 5.41) is 7.41. The van der Waals surface area contributed by atoms with E-state index >= 15 is 0 Å². The summed E-state index contributed by atoms with van der Waals surface area (Å²) in [6.45, 7) is 2.26. The molecule has 0 bridgehead atoms. The minimum atomic E-state index is 0.0955. The zero-order valence-corrected chi connectivity index (χ0v) is 11.2. The zero-order valence-electron chi connectivity index (χ0n) is 10.4. The molecule has 0 radical (unpaired) electrons. The molecule has 0 spiro atoms. The smallest absolute Gasteiger partial charge is 0.226 e. The van der Waals surface area contributed by atoms with Crippen LogP contribution in [0.3, 0.4) is 0 Å². The van der Waals surface area contributed by atoms with Crippen molar-refractivity contribution in [3.8, 4) is 0 Å². The highest BCUT2D eigenvalue weighted by Gasteiger charge is 2.22. The molecular weight excluding hydrogens is 250 g/mol. The molecule has 5 nitrogen and oxygen atoms in total. The fourth-order valence-electron chi connectivity index (χ4n) is 2.42. The Hall–Kier alpha value is -0.590. The van der Waals surface area contributed by atoms with Gasteiger partial charge in [0.15, 0.2) is 5.82 Å². The van der Waals surface area contributed by atoms with E-state index in [-0.39, 0.29) is 6.04 Å². The molecule has 0 aromatic carbocycles. The molecule has 1 atom stereocenters. The van der Waals surface area contributed by atoms with Crippen LogP contribution in [0.2, 0.25) is 0 Å². The van der Waals surface area contributed by atoms with E-state index in [1.807, 2.05) is 11.8 Å². The number of aromatic nitrogens is 2. The van der Waals surface area contributed by atoms with E-state index in [0.717, 1.165) is 37.2 Å². The number of rotatable bonds is 3. The Labute approximate surface area is 111 Å². The average molecular weight is 269 g/mol. The lowest BCUT2D eigenvalue weighted by atomic mass is 9.99. The first-order valence-electron chi connectivity index (χ1n) is 6.63. The van der Waals surface area contributed by atoms with Gasteiger partial charge in [0.25, 0.3) is 0 Å². The SMILES string of the molecule is C1COCC(c2noc(CC3CCSCC3)n2)N1. The predicted octanol–water partition coefficient (Wildman–Crippen LogP) is 1.42. The van der Waals surface area contributed by atoms with Crippen LogP contribution in [-0.4, -0.2) is 41.4 Å². The normalized spacial score (nSPS) is 26.3. The van der Waals surface area contributed by atoms with Crippen LogP contribution in [0.5, 0.6) is 0 Å². The minimum absolute atomic E-state index is 0.0955. The molecule has 18 heavy (non-hydrogen) atoms. The maximum atomic E-state index is 5.41. The first kappa shape index (κ1) is 12.4. The summed E-state index contributed by atoms with van der Waals surface area (Å²) in [6.07, 6.45) is 3.47. The van der Waals surface area contributed by atoms with Crippen LogP contribution < -0.4 is 5.32 Å². The fraction of sp³-hybridized carbons (Fsp3) is 0.833. The molecule has 3 rings (SSSR count). The predicted molar refractivity (Wildman–Crippen MR) is 69.6 cm³/mol. The lowest BCUT2D eigenvalue weighted by molar-refractivity contribution is 0.0734. The molecule has 1 unspecified atom stereocenters. The number of hydrogen-bond acceptors (Lipinski definition) is 6. The molecule has 2 aliphatic heterocycles. The first-order chi connectivity index (χ1) is 8.92. The summed E-state index contributed by atoms with van der Waals surface area (Å²) in [6, 6.07) is 0.0955. The third-order valence-corrected chi connectivity index (χ3v) is 4.57. The monoisotopic (exact) mass is 269 g/mol. The van der Waals surface area contributed by atoms with Gasteiger partial charge in [-0.2, -0.15) is 16.7 Å². The third kappa shape index (κ3) is 3.05. The number of thioether (sulfide) groups is 1. The number of hydrogen-bond donors (Lipinski definition) is 1. The van der Waals surface area contributed by atoms with Crippen molar-refractivity contribution in [3.05, 3.63) is 11.7 Å². The van der Waals surface area contributed by atoms with Crippen LogP contribution in [0.4, 0.5) is 0 Å². The summed E-state index contributed by atoms with van der Waals surface area (Å²) < 4.78 is 10.8. The summed E-state index contributed by atoms with van der Waals surface area (Å²) in [4.78, 5) is 4.50. The molecule has 2 aliphatic rings. The van der Waals surface area contributed by atoms with Crippen molar-refractivity contribution < 1.29 is 9.26 Å². The van der Waals surface area contributed by atoms with Gasteiger partial charge in [-0.25, -0.2) is 0 Å². The van der Waals surface area contributed by atoms with E-state index in [0.29, 0.717) is 6.61 Å². The molecule has 0 saturated carbocycles. The van der Waals surface area contributed by atoms with Crippen molar-refractivity contribution in [2.75, 3.05) is 31.3 Å². The molecular formula is C12H19N3O2S.